The molecule has 0 spiro atoms. The Bertz CT molecular complexity index is 540. The maximum absolute atomic E-state index is 12.2. The molecular weight excluding hydrogens is 268 g/mol. The number of nitrogens with two attached hydrogens (primary N) is 1. The van der Waals surface area contributed by atoms with E-state index in [1.165, 1.54) is 6.26 Å². The van der Waals surface area contributed by atoms with Gasteiger partial charge < -0.3 is 20.2 Å². The average molecular weight is 288 g/mol. The lowest BCUT2D eigenvalue weighted by Crippen LogP contribution is -2.35. The quantitative estimate of drug-likeness (QED) is 0.812. The number of carbonyl (C=O) groups is 1. The van der Waals surface area contributed by atoms with Crippen LogP contribution in [-0.2, 0) is 11.3 Å². The molecule has 0 bridgehead atoms. The van der Waals surface area contributed by atoms with Crippen molar-refractivity contribution in [1.29, 1.82) is 0 Å². The molecule has 1 amide bonds. The van der Waals surface area contributed by atoms with Crippen LogP contribution in [0.2, 0.25) is 0 Å². The van der Waals surface area contributed by atoms with E-state index in [0.29, 0.717) is 18.8 Å². The lowest BCUT2D eigenvalue weighted by molar-refractivity contribution is -0.133. The summed E-state index contributed by atoms with van der Waals surface area (Å²) in [4.78, 5) is 13.8. The van der Waals surface area contributed by atoms with Crippen LogP contribution in [0.5, 0.6) is 0 Å². The number of benzene rings is 1. The van der Waals surface area contributed by atoms with E-state index in [-0.39, 0.29) is 18.9 Å². The lowest BCUT2D eigenvalue weighted by Gasteiger charge is -2.24. The number of nitrogens with zero attached hydrogens (tertiary/aromatic N) is 1. The highest BCUT2D eigenvalue weighted by molar-refractivity contribution is 5.76. The smallest absolute Gasteiger partial charge is 0.224 e. The maximum atomic E-state index is 12.2. The highest BCUT2D eigenvalue weighted by Crippen LogP contribution is 2.17. The molecule has 5 nitrogen and oxygen atoms in total. The van der Waals surface area contributed by atoms with E-state index in [1.54, 1.807) is 17.0 Å². The fourth-order valence-electron chi connectivity index (χ4n) is 2.12. The lowest BCUT2D eigenvalue weighted by atomic mass is 10.1. The molecule has 0 saturated carbocycles. The second kappa shape index (κ2) is 7.61. The standard InChI is InChI=1S/C16H20N2O3/c17-9-8-16(20)18(11-13-5-2-1-3-6-13)12-14(19)15-7-4-10-21-15/h1-7,10,14,19H,8-9,11-12,17H2. The average Bonchev–Trinajstić information content (AvgIpc) is 3.02. The fourth-order valence-corrected chi connectivity index (χ4v) is 2.12. The zero-order chi connectivity index (χ0) is 15.1. The van der Waals surface area contributed by atoms with E-state index in [4.69, 9.17) is 10.2 Å². The first-order chi connectivity index (χ1) is 10.2. The largest absolute Gasteiger partial charge is 0.467 e. The molecule has 5 heteroatoms. The number of hydrogen-bond donors (Lipinski definition) is 2. The summed E-state index contributed by atoms with van der Waals surface area (Å²) < 4.78 is 5.17. The van der Waals surface area contributed by atoms with Crippen molar-refractivity contribution in [2.45, 2.75) is 19.1 Å². The Balaban J connectivity index is 2.06. The number of amides is 1. The summed E-state index contributed by atoms with van der Waals surface area (Å²) in [6.07, 6.45) is 0.921. The van der Waals surface area contributed by atoms with E-state index in [0.717, 1.165) is 5.56 Å². The van der Waals surface area contributed by atoms with Crippen molar-refractivity contribution in [2.75, 3.05) is 13.1 Å². The number of rotatable bonds is 7. The molecule has 2 rings (SSSR count). The van der Waals surface area contributed by atoms with Crippen molar-refractivity contribution < 1.29 is 14.3 Å². The van der Waals surface area contributed by atoms with Crippen LogP contribution < -0.4 is 5.73 Å². The Hall–Kier alpha value is -2.11. The molecule has 2 aromatic rings. The summed E-state index contributed by atoms with van der Waals surface area (Å²) in [5.41, 5.74) is 6.47. The van der Waals surface area contributed by atoms with E-state index in [1.807, 2.05) is 30.3 Å². The molecule has 1 aromatic heterocycles. The summed E-state index contributed by atoms with van der Waals surface area (Å²) in [5, 5.41) is 10.2. The van der Waals surface area contributed by atoms with Crippen molar-refractivity contribution in [3.63, 3.8) is 0 Å². The summed E-state index contributed by atoms with van der Waals surface area (Å²) in [6, 6.07) is 13.1. The van der Waals surface area contributed by atoms with Gasteiger partial charge in [0.25, 0.3) is 0 Å². The Morgan fingerprint density at radius 1 is 1.24 bits per heavy atom. The number of hydrogen-bond acceptors (Lipinski definition) is 4. The van der Waals surface area contributed by atoms with Crippen LogP contribution >= 0.6 is 0 Å². The molecule has 0 radical (unpaired) electrons. The Morgan fingerprint density at radius 2 is 2.00 bits per heavy atom. The molecule has 1 heterocycles. The molecule has 0 aliphatic heterocycles. The van der Waals surface area contributed by atoms with Gasteiger partial charge in [-0.1, -0.05) is 30.3 Å². The van der Waals surface area contributed by atoms with Crippen molar-refractivity contribution in [3.8, 4) is 0 Å². The third-order valence-corrected chi connectivity index (χ3v) is 3.19. The van der Waals surface area contributed by atoms with Gasteiger partial charge in [0.2, 0.25) is 5.91 Å². The Kier molecular flexibility index (Phi) is 5.54. The number of carbonyl (C=O) groups excluding carboxylic acids is 1. The first-order valence-corrected chi connectivity index (χ1v) is 6.94. The van der Waals surface area contributed by atoms with Crippen LogP contribution in [0.1, 0.15) is 23.8 Å². The molecule has 3 N–H and O–H groups in total. The third kappa shape index (κ3) is 4.44. The molecule has 1 unspecified atom stereocenters. The third-order valence-electron chi connectivity index (χ3n) is 3.19. The van der Waals surface area contributed by atoms with Crippen LogP contribution in [0.3, 0.4) is 0 Å². The van der Waals surface area contributed by atoms with E-state index >= 15 is 0 Å². The monoisotopic (exact) mass is 288 g/mol. The van der Waals surface area contributed by atoms with Gasteiger partial charge in [0.15, 0.2) is 0 Å². The Morgan fingerprint density at radius 3 is 2.62 bits per heavy atom. The summed E-state index contributed by atoms with van der Waals surface area (Å²) in [7, 11) is 0. The van der Waals surface area contributed by atoms with Gasteiger partial charge in [-0.05, 0) is 17.7 Å². The molecule has 21 heavy (non-hydrogen) atoms. The van der Waals surface area contributed by atoms with Gasteiger partial charge in [-0.3, -0.25) is 4.79 Å². The zero-order valence-corrected chi connectivity index (χ0v) is 11.8. The van der Waals surface area contributed by atoms with Crippen molar-refractivity contribution in [2.24, 2.45) is 5.73 Å². The predicted molar refractivity (Wildman–Crippen MR) is 79.2 cm³/mol. The summed E-state index contributed by atoms with van der Waals surface area (Å²) in [6.45, 7) is 0.916. The maximum Gasteiger partial charge on any atom is 0.224 e. The molecule has 1 atom stereocenters. The molecular formula is C16H20N2O3. The van der Waals surface area contributed by atoms with Gasteiger partial charge in [0.05, 0.1) is 12.8 Å². The highest BCUT2D eigenvalue weighted by Gasteiger charge is 2.20. The van der Waals surface area contributed by atoms with Crippen molar-refractivity contribution >= 4 is 5.91 Å². The Labute approximate surface area is 124 Å². The number of aliphatic hydroxyl groups is 1. The van der Waals surface area contributed by atoms with Gasteiger partial charge >= 0.3 is 0 Å². The number of aliphatic hydroxyl groups excluding tert-OH is 1. The van der Waals surface area contributed by atoms with Crippen LogP contribution in [0, 0.1) is 0 Å². The SMILES string of the molecule is NCCC(=O)N(Cc1ccccc1)CC(O)c1ccco1. The molecule has 112 valence electrons. The van der Waals surface area contributed by atoms with Gasteiger partial charge in [-0.25, -0.2) is 0 Å². The van der Waals surface area contributed by atoms with Crippen LogP contribution in [0.25, 0.3) is 0 Å². The minimum Gasteiger partial charge on any atom is -0.467 e. The normalized spacial score (nSPS) is 12.1. The van der Waals surface area contributed by atoms with E-state index in [9.17, 15) is 9.90 Å². The highest BCUT2D eigenvalue weighted by atomic mass is 16.4. The summed E-state index contributed by atoms with van der Waals surface area (Å²) >= 11 is 0. The zero-order valence-electron chi connectivity index (χ0n) is 11.8. The second-order valence-corrected chi connectivity index (χ2v) is 4.83. The molecule has 0 fully saturated rings. The van der Waals surface area contributed by atoms with Gasteiger partial charge in [0.1, 0.15) is 11.9 Å². The minimum absolute atomic E-state index is 0.0769. The molecule has 0 aliphatic carbocycles. The van der Waals surface area contributed by atoms with Crippen LogP contribution in [-0.4, -0.2) is 29.0 Å². The second-order valence-electron chi connectivity index (χ2n) is 4.83. The van der Waals surface area contributed by atoms with Gasteiger partial charge in [0, 0.05) is 19.5 Å². The van der Waals surface area contributed by atoms with Crippen LogP contribution in [0.4, 0.5) is 0 Å². The van der Waals surface area contributed by atoms with Crippen molar-refractivity contribution in [3.05, 3.63) is 60.1 Å². The summed E-state index contributed by atoms with van der Waals surface area (Å²) in [5.74, 6) is 0.376. The molecule has 1 aromatic carbocycles. The first-order valence-electron chi connectivity index (χ1n) is 6.94. The van der Waals surface area contributed by atoms with E-state index < -0.39 is 6.10 Å². The van der Waals surface area contributed by atoms with Gasteiger partial charge in [-0.2, -0.15) is 0 Å². The van der Waals surface area contributed by atoms with E-state index in [2.05, 4.69) is 0 Å². The van der Waals surface area contributed by atoms with Crippen LogP contribution in [0.15, 0.2) is 53.1 Å². The molecule has 0 aliphatic rings. The minimum atomic E-state index is -0.842. The van der Waals surface area contributed by atoms with Crippen molar-refractivity contribution in [1.82, 2.24) is 4.90 Å². The first kappa shape index (κ1) is 15.3. The predicted octanol–water partition coefficient (Wildman–Crippen LogP) is 1.69. The topological polar surface area (TPSA) is 79.7 Å². The number of furan rings is 1. The molecule has 0 saturated heterocycles. The van der Waals surface area contributed by atoms with Gasteiger partial charge in [-0.15, -0.1) is 0 Å². The fraction of sp³-hybridized carbons (Fsp3) is 0.312.